The van der Waals surface area contributed by atoms with Crippen molar-refractivity contribution in [2.45, 2.75) is 64.9 Å². The average Bonchev–Trinajstić information content (AvgIpc) is 3.20. The summed E-state index contributed by atoms with van der Waals surface area (Å²) in [6.07, 6.45) is 1.36. The molecular weight excluding hydrogens is 384 g/mol. The molecule has 2 heterocycles. The van der Waals surface area contributed by atoms with Crippen LogP contribution in [-0.2, 0) is 19.1 Å². The van der Waals surface area contributed by atoms with Gasteiger partial charge in [0.1, 0.15) is 5.76 Å². The Kier molecular flexibility index (Phi) is 3.84. The fourth-order valence-electron chi connectivity index (χ4n) is 5.43. The van der Waals surface area contributed by atoms with Crippen LogP contribution in [0.4, 0.5) is 0 Å². The number of Topliss-reactive ketones (excluding diaryl/α,β-unsaturated/α-hetero) is 3. The first kappa shape index (κ1) is 19.3. The lowest BCUT2D eigenvalue weighted by Gasteiger charge is -2.41. The van der Waals surface area contributed by atoms with Crippen molar-refractivity contribution in [3.8, 4) is 11.5 Å². The van der Waals surface area contributed by atoms with E-state index in [1.165, 1.54) is 0 Å². The Hall–Kier alpha value is -2.63. The number of rotatable bonds is 1. The van der Waals surface area contributed by atoms with E-state index in [4.69, 9.17) is 14.2 Å². The maximum absolute atomic E-state index is 13.5. The highest BCUT2D eigenvalue weighted by atomic mass is 16.7. The Bertz CT molecular complexity index is 1010. The minimum atomic E-state index is -1.66. The van der Waals surface area contributed by atoms with Gasteiger partial charge in [-0.05, 0) is 28.5 Å². The molecule has 158 valence electrons. The number of ether oxygens (including phenoxy) is 3. The van der Waals surface area contributed by atoms with Gasteiger partial charge < -0.3 is 14.2 Å². The van der Waals surface area contributed by atoms with Gasteiger partial charge in [-0.1, -0.05) is 33.8 Å². The molecule has 0 amide bonds. The molecule has 2 aliphatic heterocycles. The molecule has 2 aliphatic carbocycles. The summed E-state index contributed by atoms with van der Waals surface area (Å²) in [4.78, 5) is 40.3. The lowest BCUT2D eigenvalue weighted by Crippen LogP contribution is -2.57. The minimum Gasteiger partial charge on any atom is -0.474 e. The number of benzene rings is 1. The van der Waals surface area contributed by atoms with Crippen molar-refractivity contribution in [1.82, 2.24) is 0 Å². The summed E-state index contributed by atoms with van der Waals surface area (Å²) >= 11 is 0. The summed E-state index contributed by atoms with van der Waals surface area (Å²) in [5.74, 6) is 0.377. The van der Waals surface area contributed by atoms with Crippen molar-refractivity contribution in [3.05, 3.63) is 35.1 Å². The molecule has 1 fully saturated rings. The van der Waals surface area contributed by atoms with Gasteiger partial charge in [-0.25, -0.2) is 0 Å². The fourth-order valence-corrected chi connectivity index (χ4v) is 5.43. The second-order valence-corrected chi connectivity index (χ2v) is 10.5. The predicted molar refractivity (Wildman–Crippen MR) is 107 cm³/mol. The molecule has 1 spiro atoms. The van der Waals surface area contributed by atoms with Crippen LogP contribution < -0.4 is 9.47 Å². The van der Waals surface area contributed by atoms with Crippen LogP contribution in [0.1, 0.15) is 64.9 Å². The van der Waals surface area contributed by atoms with Gasteiger partial charge in [0, 0.05) is 31.3 Å². The molecule has 1 aromatic carbocycles. The number of allylic oxidation sites excluding steroid dienone is 1. The van der Waals surface area contributed by atoms with Gasteiger partial charge in [0.05, 0.1) is 5.92 Å². The van der Waals surface area contributed by atoms with Crippen LogP contribution in [0.2, 0.25) is 0 Å². The number of hydrogen-bond donors (Lipinski definition) is 0. The monoisotopic (exact) mass is 410 g/mol. The Labute approximate surface area is 175 Å². The average molecular weight is 410 g/mol. The first-order chi connectivity index (χ1) is 14.0. The van der Waals surface area contributed by atoms with Crippen LogP contribution in [0.3, 0.4) is 0 Å². The molecule has 0 aromatic heterocycles. The summed E-state index contributed by atoms with van der Waals surface area (Å²) in [6, 6.07) is 5.36. The van der Waals surface area contributed by atoms with Gasteiger partial charge >= 0.3 is 0 Å². The van der Waals surface area contributed by atoms with Crippen molar-refractivity contribution in [2.75, 3.05) is 6.79 Å². The molecule has 6 nitrogen and oxygen atoms in total. The molecule has 4 aliphatic rings. The molecule has 0 radical (unpaired) electrons. The summed E-state index contributed by atoms with van der Waals surface area (Å²) in [6.45, 7) is 7.97. The number of hydrogen-bond acceptors (Lipinski definition) is 6. The standard InChI is InChI=1S/C24H26O6/c1-22(2)8-14(25)20-17(9-22)30-24(18(26)10-23(3,4)11-19(24)27)21(20)13-5-6-15-16(7-13)29-12-28-15/h5-7,21H,8-12H2,1-4H3/t21-/m0/s1. The number of ketones is 3. The van der Waals surface area contributed by atoms with Crippen LogP contribution in [0.25, 0.3) is 0 Å². The first-order valence-electron chi connectivity index (χ1n) is 10.4. The zero-order chi connectivity index (χ0) is 21.5. The Morgan fingerprint density at radius 2 is 1.47 bits per heavy atom. The van der Waals surface area contributed by atoms with Gasteiger partial charge in [-0.2, -0.15) is 0 Å². The molecule has 0 bridgehead atoms. The van der Waals surface area contributed by atoms with Crippen LogP contribution in [0, 0.1) is 10.8 Å². The van der Waals surface area contributed by atoms with Gasteiger partial charge in [0.15, 0.2) is 28.8 Å². The third-order valence-corrected chi connectivity index (χ3v) is 6.70. The molecular formula is C24H26O6. The maximum atomic E-state index is 13.5. The van der Waals surface area contributed by atoms with Gasteiger partial charge in [-0.3, -0.25) is 14.4 Å². The molecule has 1 saturated carbocycles. The van der Waals surface area contributed by atoms with Crippen LogP contribution in [-0.4, -0.2) is 29.7 Å². The van der Waals surface area contributed by atoms with Crippen LogP contribution in [0.15, 0.2) is 29.5 Å². The highest BCUT2D eigenvalue weighted by Crippen LogP contribution is 2.57. The van der Waals surface area contributed by atoms with E-state index in [-0.39, 0.29) is 42.4 Å². The van der Waals surface area contributed by atoms with Crippen molar-refractivity contribution in [1.29, 1.82) is 0 Å². The smallest absolute Gasteiger partial charge is 0.234 e. The third-order valence-electron chi connectivity index (χ3n) is 6.70. The Morgan fingerprint density at radius 3 is 2.17 bits per heavy atom. The zero-order valence-corrected chi connectivity index (χ0v) is 17.8. The highest BCUT2D eigenvalue weighted by molar-refractivity contribution is 6.17. The number of carbonyl (C=O) groups excluding carboxylic acids is 3. The molecule has 1 aromatic rings. The third kappa shape index (κ3) is 2.65. The van der Waals surface area contributed by atoms with Crippen molar-refractivity contribution in [2.24, 2.45) is 10.8 Å². The van der Waals surface area contributed by atoms with Crippen LogP contribution in [0.5, 0.6) is 11.5 Å². The quantitative estimate of drug-likeness (QED) is 0.654. The first-order valence-corrected chi connectivity index (χ1v) is 10.4. The minimum absolute atomic E-state index is 0.0498. The summed E-state index contributed by atoms with van der Waals surface area (Å²) in [5.41, 5.74) is -1.20. The molecule has 0 N–H and O–H groups in total. The zero-order valence-electron chi connectivity index (χ0n) is 17.8. The highest BCUT2D eigenvalue weighted by Gasteiger charge is 2.65. The molecule has 30 heavy (non-hydrogen) atoms. The fraction of sp³-hybridized carbons (Fsp3) is 0.542. The molecule has 5 rings (SSSR count). The summed E-state index contributed by atoms with van der Waals surface area (Å²) in [5, 5.41) is 0. The SMILES string of the molecule is CC1(C)CC(=O)C2(OC3=C(C(=O)CC(C)(C)C3)[C@@H]2c2ccc3c(c2)OCO3)C(=O)C1. The van der Waals surface area contributed by atoms with Crippen molar-refractivity contribution >= 4 is 17.3 Å². The second-order valence-electron chi connectivity index (χ2n) is 10.5. The molecule has 1 atom stereocenters. The Morgan fingerprint density at radius 1 is 0.833 bits per heavy atom. The van der Waals surface area contributed by atoms with Crippen molar-refractivity contribution < 1.29 is 28.6 Å². The molecule has 6 heteroatoms. The number of carbonyl (C=O) groups is 3. The van der Waals surface area contributed by atoms with E-state index in [0.717, 1.165) is 0 Å². The lowest BCUT2D eigenvalue weighted by atomic mass is 9.61. The van der Waals surface area contributed by atoms with Crippen molar-refractivity contribution in [3.63, 3.8) is 0 Å². The van der Waals surface area contributed by atoms with Gasteiger partial charge in [-0.15, -0.1) is 0 Å². The number of fused-ring (bicyclic) bond motifs is 1. The summed E-state index contributed by atoms with van der Waals surface area (Å²) < 4.78 is 17.2. The van der Waals surface area contributed by atoms with E-state index in [1.807, 2.05) is 33.8 Å². The largest absolute Gasteiger partial charge is 0.474 e. The maximum Gasteiger partial charge on any atom is 0.234 e. The molecule has 0 unspecified atom stereocenters. The van der Waals surface area contributed by atoms with Gasteiger partial charge in [0.25, 0.3) is 0 Å². The topological polar surface area (TPSA) is 78.9 Å². The second kappa shape index (κ2) is 5.96. The lowest BCUT2D eigenvalue weighted by molar-refractivity contribution is -0.160. The normalized spacial score (nSPS) is 28.0. The van der Waals surface area contributed by atoms with E-state index in [2.05, 4.69) is 0 Å². The van der Waals surface area contributed by atoms with E-state index in [0.29, 0.717) is 41.2 Å². The summed E-state index contributed by atoms with van der Waals surface area (Å²) in [7, 11) is 0. The van der Waals surface area contributed by atoms with E-state index in [1.54, 1.807) is 12.1 Å². The van der Waals surface area contributed by atoms with E-state index in [9.17, 15) is 14.4 Å². The van der Waals surface area contributed by atoms with Gasteiger partial charge in [0.2, 0.25) is 12.4 Å². The van der Waals surface area contributed by atoms with E-state index >= 15 is 0 Å². The van der Waals surface area contributed by atoms with Crippen LogP contribution >= 0.6 is 0 Å². The Balaban J connectivity index is 1.69. The predicted octanol–water partition coefficient (Wildman–Crippen LogP) is 3.87. The molecule has 0 saturated heterocycles. The van der Waals surface area contributed by atoms with E-state index < -0.39 is 16.9 Å².